The fourth-order valence-corrected chi connectivity index (χ4v) is 2.34. The Morgan fingerprint density at radius 2 is 2.00 bits per heavy atom. The highest BCUT2D eigenvalue weighted by atomic mass is 35.5. The van der Waals surface area contributed by atoms with E-state index in [2.05, 4.69) is 10.3 Å². The van der Waals surface area contributed by atoms with Gasteiger partial charge in [-0.3, -0.25) is 10.1 Å². The molecule has 3 nitrogen and oxygen atoms in total. The van der Waals surface area contributed by atoms with E-state index in [4.69, 9.17) is 11.6 Å². The molecule has 0 fully saturated rings. The fourth-order valence-electron chi connectivity index (χ4n) is 1.49. The van der Waals surface area contributed by atoms with Crippen LogP contribution in [0.15, 0.2) is 41.3 Å². The Hall–Kier alpha value is -1.65. The second-order valence-corrected chi connectivity index (χ2v) is 5.55. The Morgan fingerprint density at radius 1 is 1.32 bits per heavy atom. The molecular weight excluding hydrogens is 280 g/mol. The van der Waals surface area contributed by atoms with Crippen LogP contribution < -0.4 is 5.32 Å². The maximum Gasteiger partial charge on any atom is 0.250 e. The van der Waals surface area contributed by atoms with Crippen LogP contribution in [0.25, 0.3) is 11.3 Å². The highest BCUT2D eigenvalue weighted by Gasteiger charge is 2.06. The second-order valence-electron chi connectivity index (χ2n) is 4.26. The van der Waals surface area contributed by atoms with E-state index < -0.39 is 0 Å². The average Bonchev–Trinajstić information content (AvgIpc) is 2.77. The number of thiazole rings is 1. The number of aromatic nitrogens is 1. The monoisotopic (exact) mass is 292 g/mol. The standard InChI is InChI=1S/C14H13ClN2OS/c1-9(2)7-13(18)17-14-16-12(8-19-14)10-3-5-11(15)6-4-10/h3-8H,1-2H3,(H,16,17,18). The summed E-state index contributed by atoms with van der Waals surface area (Å²) < 4.78 is 0. The van der Waals surface area contributed by atoms with Gasteiger partial charge in [0, 0.05) is 22.0 Å². The summed E-state index contributed by atoms with van der Waals surface area (Å²) in [4.78, 5) is 15.9. The van der Waals surface area contributed by atoms with E-state index in [0.29, 0.717) is 10.2 Å². The largest absolute Gasteiger partial charge is 0.298 e. The Labute approximate surface area is 120 Å². The zero-order chi connectivity index (χ0) is 13.8. The van der Waals surface area contributed by atoms with Crippen LogP contribution in [-0.2, 0) is 4.79 Å². The SMILES string of the molecule is CC(C)=CC(=O)Nc1nc(-c2ccc(Cl)cc2)cs1. The predicted octanol–water partition coefficient (Wildman–Crippen LogP) is 4.37. The van der Waals surface area contributed by atoms with Gasteiger partial charge in [0.15, 0.2) is 5.13 Å². The molecule has 0 atom stereocenters. The first-order valence-corrected chi connectivity index (χ1v) is 6.98. The molecule has 0 aliphatic heterocycles. The number of rotatable bonds is 3. The summed E-state index contributed by atoms with van der Waals surface area (Å²) >= 11 is 7.24. The highest BCUT2D eigenvalue weighted by molar-refractivity contribution is 7.14. The van der Waals surface area contributed by atoms with Gasteiger partial charge in [-0.2, -0.15) is 0 Å². The molecule has 0 bridgehead atoms. The third-order valence-corrected chi connectivity index (χ3v) is 3.30. The third kappa shape index (κ3) is 3.91. The predicted molar refractivity (Wildman–Crippen MR) is 80.6 cm³/mol. The van der Waals surface area contributed by atoms with Crippen LogP contribution in [0, 0.1) is 0 Å². The minimum atomic E-state index is -0.156. The first kappa shape index (κ1) is 13.8. The van der Waals surface area contributed by atoms with Crippen molar-refractivity contribution in [1.29, 1.82) is 0 Å². The number of amides is 1. The minimum Gasteiger partial charge on any atom is -0.298 e. The number of anilines is 1. The molecule has 0 aliphatic carbocycles. The van der Waals surface area contributed by atoms with E-state index in [1.54, 1.807) is 6.08 Å². The van der Waals surface area contributed by atoms with Gasteiger partial charge in [0.1, 0.15) is 0 Å². The van der Waals surface area contributed by atoms with E-state index in [9.17, 15) is 4.79 Å². The Kier molecular flexibility index (Phi) is 4.35. The molecule has 19 heavy (non-hydrogen) atoms. The zero-order valence-corrected chi connectivity index (χ0v) is 12.2. The van der Waals surface area contributed by atoms with Gasteiger partial charge in [-0.1, -0.05) is 29.3 Å². The first-order chi connectivity index (χ1) is 9.04. The number of benzene rings is 1. The van der Waals surface area contributed by atoms with Crippen molar-refractivity contribution in [2.75, 3.05) is 5.32 Å². The van der Waals surface area contributed by atoms with Crippen molar-refractivity contribution < 1.29 is 4.79 Å². The van der Waals surface area contributed by atoms with Crippen LogP contribution in [-0.4, -0.2) is 10.9 Å². The molecule has 5 heteroatoms. The molecule has 1 heterocycles. The molecule has 0 radical (unpaired) electrons. The highest BCUT2D eigenvalue weighted by Crippen LogP contribution is 2.25. The quantitative estimate of drug-likeness (QED) is 0.854. The number of nitrogens with zero attached hydrogens (tertiary/aromatic N) is 1. The van der Waals surface area contributed by atoms with Crippen LogP contribution in [0.1, 0.15) is 13.8 Å². The molecule has 1 aromatic heterocycles. The van der Waals surface area contributed by atoms with Crippen molar-refractivity contribution in [2.24, 2.45) is 0 Å². The molecule has 2 aromatic rings. The summed E-state index contributed by atoms with van der Waals surface area (Å²) in [7, 11) is 0. The molecule has 0 saturated heterocycles. The topological polar surface area (TPSA) is 42.0 Å². The minimum absolute atomic E-state index is 0.156. The van der Waals surface area contributed by atoms with Gasteiger partial charge in [0.25, 0.3) is 0 Å². The number of halogens is 1. The van der Waals surface area contributed by atoms with Crippen molar-refractivity contribution in [1.82, 2.24) is 4.98 Å². The summed E-state index contributed by atoms with van der Waals surface area (Å²) in [5, 5.41) is 5.93. The maximum atomic E-state index is 11.6. The Balaban J connectivity index is 2.13. The normalized spacial score (nSPS) is 10.1. The Bertz CT molecular complexity index is 613. The molecule has 2 rings (SSSR count). The fraction of sp³-hybridized carbons (Fsp3) is 0.143. The summed E-state index contributed by atoms with van der Waals surface area (Å²) in [6, 6.07) is 7.44. The lowest BCUT2D eigenvalue weighted by atomic mass is 10.2. The van der Waals surface area contributed by atoms with Crippen molar-refractivity contribution in [2.45, 2.75) is 13.8 Å². The van der Waals surface area contributed by atoms with Crippen LogP contribution in [0.3, 0.4) is 0 Å². The van der Waals surface area contributed by atoms with Crippen LogP contribution >= 0.6 is 22.9 Å². The lowest BCUT2D eigenvalue weighted by Crippen LogP contribution is -2.07. The molecule has 1 N–H and O–H groups in total. The second kappa shape index (κ2) is 5.99. The third-order valence-electron chi connectivity index (χ3n) is 2.29. The number of allylic oxidation sites excluding steroid dienone is 1. The lowest BCUT2D eigenvalue weighted by Gasteiger charge is -1.98. The molecule has 1 aromatic carbocycles. The number of carbonyl (C=O) groups excluding carboxylic acids is 1. The molecule has 98 valence electrons. The molecule has 0 saturated carbocycles. The van der Waals surface area contributed by atoms with Gasteiger partial charge in [-0.25, -0.2) is 4.98 Å². The van der Waals surface area contributed by atoms with Gasteiger partial charge >= 0.3 is 0 Å². The zero-order valence-electron chi connectivity index (χ0n) is 10.6. The molecule has 1 amide bonds. The summed E-state index contributed by atoms with van der Waals surface area (Å²) in [5.41, 5.74) is 2.75. The lowest BCUT2D eigenvalue weighted by molar-refractivity contribution is -0.111. The smallest absolute Gasteiger partial charge is 0.250 e. The van der Waals surface area contributed by atoms with Crippen molar-refractivity contribution in [3.8, 4) is 11.3 Å². The van der Waals surface area contributed by atoms with Gasteiger partial charge in [0.2, 0.25) is 5.91 Å². The average molecular weight is 293 g/mol. The number of carbonyl (C=O) groups is 1. The molecule has 0 spiro atoms. The van der Waals surface area contributed by atoms with Crippen molar-refractivity contribution in [3.05, 3.63) is 46.3 Å². The summed E-state index contributed by atoms with van der Waals surface area (Å²) in [5.74, 6) is -0.156. The molecular formula is C14H13ClN2OS. The van der Waals surface area contributed by atoms with Crippen LogP contribution in [0.4, 0.5) is 5.13 Å². The van der Waals surface area contributed by atoms with Crippen molar-refractivity contribution >= 4 is 34.0 Å². The van der Waals surface area contributed by atoms with Crippen molar-refractivity contribution in [3.63, 3.8) is 0 Å². The summed E-state index contributed by atoms with van der Waals surface area (Å²) in [6.45, 7) is 3.75. The first-order valence-electron chi connectivity index (χ1n) is 5.72. The van der Waals surface area contributed by atoms with Crippen LogP contribution in [0.5, 0.6) is 0 Å². The van der Waals surface area contributed by atoms with E-state index in [1.807, 2.05) is 43.5 Å². The van der Waals surface area contributed by atoms with E-state index in [-0.39, 0.29) is 5.91 Å². The van der Waals surface area contributed by atoms with E-state index >= 15 is 0 Å². The molecule has 0 aliphatic rings. The van der Waals surface area contributed by atoms with E-state index in [0.717, 1.165) is 16.8 Å². The van der Waals surface area contributed by atoms with Gasteiger partial charge in [0.05, 0.1) is 5.69 Å². The van der Waals surface area contributed by atoms with Gasteiger partial charge in [-0.15, -0.1) is 11.3 Å². The number of nitrogens with one attached hydrogen (secondary N) is 1. The Morgan fingerprint density at radius 3 is 2.63 bits per heavy atom. The maximum absolute atomic E-state index is 11.6. The summed E-state index contributed by atoms with van der Waals surface area (Å²) in [6.07, 6.45) is 1.55. The van der Waals surface area contributed by atoms with Crippen LogP contribution in [0.2, 0.25) is 5.02 Å². The van der Waals surface area contributed by atoms with Gasteiger partial charge < -0.3 is 0 Å². The van der Waals surface area contributed by atoms with Gasteiger partial charge in [-0.05, 0) is 26.0 Å². The van der Waals surface area contributed by atoms with E-state index in [1.165, 1.54) is 11.3 Å². The number of hydrogen-bond donors (Lipinski definition) is 1. The number of hydrogen-bond acceptors (Lipinski definition) is 3. The molecule has 0 unspecified atom stereocenters.